The Balaban J connectivity index is -0.000000543. The van der Waals surface area contributed by atoms with E-state index in [2.05, 4.69) is 0 Å². The van der Waals surface area contributed by atoms with Crippen molar-refractivity contribution in [2.24, 2.45) is 32.5 Å². The predicted molar refractivity (Wildman–Crippen MR) is 182 cm³/mol. The van der Waals surface area contributed by atoms with Gasteiger partial charge in [-0.1, -0.05) is 142 Å². The summed E-state index contributed by atoms with van der Waals surface area (Å²) in [5.74, 6) is 5.55. The zero-order chi connectivity index (χ0) is 35.2. The van der Waals surface area contributed by atoms with Crippen LogP contribution in [-0.4, -0.2) is 70.3 Å². The summed E-state index contributed by atoms with van der Waals surface area (Å²) >= 11 is -5.75. The molecule has 0 rings (SSSR count). The van der Waals surface area contributed by atoms with E-state index in [1.54, 1.807) is 0 Å². The van der Waals surface area contributed by atoms with Gasteiger partial charge in [0.05, 0.1) is 27.9 Å². The van der Waals surface area contributed by atoms with E-state index in [1.165, 1.54) is 0 Å². The summed E-state index contributed by atoms with van der Waals surface area (Å²) in [5.41, 5.74) is -2.21. The molecule has 6 nitrogen and oxygen atoms in total. The van der Waals surface area contributed by atoms with E-state index in [9.17, 15) is 28.8 Å². The maximum atomic E-state index is 11.9. The molecule has 0 aromatic carbocycles. The molecular weight excluding hydrogens is 573 g/mol. The quantitative estimate of drug-likeness (QED) is 0.285. The van der Waals surface area contributed by atoms with Crippen molar-refractivity contribution in [1.82, 2.24) is 0 Å². The molecule has 0 unspecified atom stereocenters. The Bertz CT molecular complexity index is 779. The van der Waals surface area contributed by atoms with Crippen LogP contribution in [0.3, 0.4) is 0 Å². The summed E-state index contributed by atoms with van der Waals surface area (Å²) < 4.78 is 0.986. The van der Waals surface area contributed by atoms with Crippen LogP contribution in [0.5, 0.6) is 0 Å². The Morgan fingerprint density at radius 3 is 0.381 bits per heavy atom. The highest BCUT2D eigenvalue weighted by atomic mass is 27.2. The zero-order valence-electron chi connectivity index (χ0n) is 31.2. The molecule has 0 aromatic rings. The van der Waals surface area contributed by atoms with Crippen LogP contribution in [0.2, 0.25) is 17.4 Å². The molecule has 0 N–H and O–H groups in total. The monoisotopic (exact) mass is 636 g/mol. The first-order valence-electron chi connectivity index (χ1n) is 15.2. The van der Waals surface area contributed by atoms with Crippen molar-refractivity contribution in [1.29, 1.82) is 0 Å². The molecule has 0 aromatic heterocycles. The van der Waals surface area contributed by atoms with Crippen molar-refractivity contribution in [2.45, 2.75) is 142 Å². The summed E-state index contributed by atoms with van der Waals surface area (Å²) in [5, 5.41) is 0. The molecule has 0 saturated carbocycles. The van der Waals surface area contributed by atoms with Crippen molar-refractivity contribution >= 4 is 70.3 Å². The van der Waals surface area contributed by atoms with Gasteiger partial charge in [-0.25, -0.2) is 0 Å². The van der Waals surface area contributed by atoms with E-state index in [0.29, 0.717) is 0 Å². The maximum Gasteiger partial charge on any atom is 0.459 e. The van der Waals surface area contributed by atoms with E-state index in [1.807, 2.05) is 142 Å². The predicted octanol–water partition coefficient (Wildman–Crippen LogP) is 7.26. The van der Waals surface area contributed by atoms with Gasteiger partial charge in [0.15, 0.2) is 0 Å². The minimum absolute atomic E-state index is 0.164. The fraction of sp³-hybridized carbons (Fsp3) is 0.818. The average Bonchev–Trinajstić information content (AvgIpc) is 2.76. The number of hydrogen-bond donors (Lipinski definition) is 0. The molecular formula is C33H63Al3O6. The summed E-state index contributed by atoms with van der Waals surface area (Å²) in [4.78, 5) is 71.4. The van der Waals surface area contributed by atoms with Gasteiger partial charge in [0.25, 0.3) is 0 Å². The molecule has 0 amide bonds. The highest BCUT2D eigenvalue weighted by molar-refractivity contribution is 7.12. The Morgan fingerprint density at radius 2 is 0.333 bits per heavy atom. The molecule has 0 radical (unpaired) electrons. The molecule has 240 valence electrons. The second-order valence-electron chi connectivity index (χ2n) is 17.9. The number of rotatable bonds is 6. The van der Waals surface area contributed by atoms with Gasteiger partial charge in [0.1, 0.15) is 0 Å². The van der Waals surface area contributed by atoms with Gasteiger partial charge in [0, 0.05) is 32.5 Å². The van der Waals surface area contributed by atoms with Crippen LogP contribution in [0.15, 0.2) is 0 Å². The molecule has 0 aliphatic heterocycles. The van der Waals surface area contributed by atoms with Crippen LogP contribution in [0.25, 0.3) is 0 Å². The molecule has 42 heavy (non-hydrogen) atoms. The van der Waals surface area contributed by atoms with Crippen molar-refractivity contribution in [2.75, 3.05) is 0 Å². The van der Waals surface area contributed by atoms with Gasteiger partial charge < -0.3 is 28.8 Å². The topological polar surface area (TPSA) is 102 Å². The van der Waals surface area contributed by atoms with Gasteiger partial charge in [0.2, 0.25) is 0 Å². The first-order valence-corrected chi connectivity index (χ1v) is 22.1. The SMILES string of the molecule is [CH3][Al]([C](=O)C(C)(C)C)[C](=O)C(C)(C)C.[CH3][Al]([C](=O)C(C)(C)C)[C](=O)C(C)(C)C.[CH3][Al]([C](=O)C(C)(C)C)[C](=O)C(C)(C)C. The lowest BCUT2D eigenvalue weighted by Crippen LogP contribution is -2.45. The Morgan fingerprint density at radius 1 is 0.262 bits per heavy atom. The van der Waals surface area contributed by atoms with Gasteiger partial charge in [-0.2, -0.15) is 0 Å². The summed E-state index contributed by atoms with van der Waals surface area (Å²) in [6.07, 6.45) is 0. The third-order valence-corrected chi connectivity index (χ3v) is 16.7. The summed E-state index contributed by atoms with van der Waals surface area (Å²) in [7, 11) is 0. The van der Waals surface area contributed by atoms with E-state index >= 15 is 0 Å². The van der Waals surface area contributed by atoms with Gasteiger partial charge in [-0.15, -0.1) is 0 Å². The number of carbonyl (C=O) groups excluding carboxylic acids is 6. The molecule has 0 heterocycles. The van der Waals surface area contributed by atoms with Gasteiger partial charge in [-0.3, -0.25) is 0 Å². The van der Waals surface area contributed by atoms with E-state index in [0.717, 1.165) is 0 Å². The first kappa shape index (κ1) is 46.0. The van der Waals surface area contributed by atoms with Crippen molar-refractivity contribution in [3.05, 3.63) is 0 Å². The second kappa shape index (κ2) is 16.3. The molecule has 0 bridgehead atoms. The lowest BCUT2D eigenvalue weighted by molar-refractivity contribution is -0.124. The van der Waals surface area contributed by atoms with E-state index < -0.39 is 42.4 Å². The molecule has 0 spiro atoms. The van der Waals surface area contributed by atoms with Crippen LogP contribution >= 0.6 is 0 Å². The third kappa shape index (κ3) is 16.6. The Kier molecular flexibility index (Phi) is 17.8. The van der Waals surface area contributed by atoms with Crippen LogP contribution < -0.4 is 0 Å². The van der Waals surface area contributed by atoms with Crippen molar-refractivity contribution in [3.63, 3.8) is 0 Å². The highest BCUT2D eigenvalue weighted by Crippen LogP contribution is 2.24. The first-order chi connectivity index (χ1) is 17.9. The number of carbonyl (C=O) groups is 6. The smallest absolute Gasteiger partial charge is 0.319 e. The number of hydrogen-bond acceptors (Lipinski definition) is 6. The normalized spacial score (nSPS) is 12.5. The summed E-state index contributed by atoms with van der Waals surface area (Å²) in [6, 6.07) is 0. The molecule has 9 heteroatoms. The lowest BCUT2D eigenvalue weighted by Gasteiger charge is -2.24. The van der Waals surface area contributed by atoms with Crippen LogP contribution in [0.4, 0.5) is 0 Å². The molecule has 0 aliphatic carbocycles. The maximum absolute atomic E-state index is 11.9. The molecule has 0 atom stereocenters. The second-order valence-corrected chi connectivity index (χ2v) is 25.3. The Labute approximate surface area is 272 Å². The van der Waals surface area contributed by atoms with E-state index in [4.69, 9.17) is 0 Å². The molecule has 0 aliphatic rings. The summed E-state index contributed by atoms with van der Waals surface area (Å²) in [6.45, 7) is 33.9. The van der Waals surface area contributed by atoms with Crippen molar-refractivity contribution in [3.8, 4) is 0 Å². The molecule has 0 saturated heterocycles. The fourth-order valence-electron chi connectivity index (χ4n) is 4.25. The largest absolute Gasteiger partial charge is 0.459 e. The van der Waals surface area contributed by atoms with Crippen LogP contribution in [0.1, 0.15) is 125 Å². The average molecular weight is 637 g/mol. The lowest BCUT2D eigenvalue weighted by atomic mass is 9.98. The van der Waals surface area contributed by atoms with Gasteiger partial charge >= 0.3 is 42.4 Å². The van der Waals surface area contributed by atoms with Crippen molar-refractivity contribution < 1.29 is 28.8 Å². The highest BCUT2D eigenvalue weighted by Gasteiger charge is 2.43. The minimum atomic E-state index is -1.92. The third-order valence-electron chi connectivity index (χ3n) is 6.79. The Hall–Kier alpha value is -0.383. The van der Waals surface area contributed by atoms with E-state index in [-0.39, 0.29) is 60.4 Å². The zero-order valence-corrected chi connectivity index (χ0v) is 34.6. The fourth-order valence-corrected chi connectivity index (χ4v) is 12.8. The van der Waals surface area contributed by atoms with Gasteiger partial charge in [-0.05, 0) is 0 Å². The standard InChI is InChI=1S/6C5H9O.3CH3.3Al/c6*1-5(2,3)4-6;;;;;;/h6*1-3H3;3*1H3;;;. The van der Waals surface area contributed by atoms with Crippen LogP contribution in [-0.2, 0) is 28.8 Å². The molecule has 0 fully saturated rings. The minimum Gasteiger partial charge on any atom is -0.319 e. The van der Waals surface area contributed by atoms with Crippen LogP contribution in [0, 0.1) is 32.5 Å².